The second kappa shape index (κ2) is 12.2. The van der Waals surface area contributed by atoms with E-state index in [1.807, 2.05) is 0 Å². The SMILES string of the molecule is O.O.O.OC[C@H]1O[C@@H](Oc2cc(O)cc(/C=C/c3ccc(O)cc3)c2)[C@H](O)[C@@H](O)[C@@H]1O. The van der Waals surface area contributed by atoms with Gasteiger partial charge in [-0.05, 0) is 35.4 Å². The van der Waals surface area contributed by atoms with Gasteiger partial charge in [-0.3, -0.25) is 0 Å². The third kappa shape index (κ3) is 6.89. The molecule has 0 unspecified atom stereocenters. The standard InChI is InChI=1S/C20H22O8.3H2O/c21-10-16-17(24)18(25)19(26)20(28-16)27-15-8-12(7-14(23)9-15)2-1-11-3-5-13(22)6-4-11;;;/h1-9,16-26H,10H2;3*1H2/b2-1+;;;/t16-,17-,18+,19-,20-;;;/m1.../s1. The molecule has 0 spiro atoms. The highest BCUT2D eigenvalue weighted by atomic mass is 16.7. The van der Waals surface area contributed by atoms with E-state index in [2.05, 4.69) is 0 Å². The first kappa shape index (κ1) is 28.3. The van der Waals surface area contributed by atoms with E-state index in [1.165, 1.54) is 12.1 Å². The van der Waals surface area contributed by atoms with Crippen LogP contribution in [0.15, 0.2) is 42.5 Å². The molecule has 0 bridgehead atoms. The summed E-state index contributed by atoms with van der Waals surface area (Å²) in [6, 6.07) is 10.9. The van der Waals surface area contributed by atoms with Crippen LogP contribution in [0.2, 0.25) is 0 Å². The molecule has 0 amide bonds. The zero-order valence-electron chi connectivity index (χ0n) is 16.3. The van der Waals surface area contributed by atoms with Gasteiger partial charge in [-0.2, -0.15) is 0 Å². The maximum Gasteiger partial charge on any atom is 0.229 e. The number of ether oxygens (including phenoxy) is 2. The van der Waals surface area contributed by atoms with E-state index in [9.17, 15) is 30.6 Å². The molecule has 0 aliphatic carbocycles. The molecular formula is C20H28O11. The Morgan fingerprint density at radius 3 is 2.00 bits per heavy atom. The number of aliphatic hydroxyl groups is 4. The fourth-order valence-electron chi connectivity index (χ4n) is 2.85. The van der Waals surface area contributed by atoms with Gasteiger partial charge in [0.05, 0.1) is 6.61 Å². The number of rotatable bonds is 5. The van der Waals surface area contributed by atoms with Crippen molar-refractivity contribution in [3.8, 4) is 17.2 Å². The van der Waals surface area contributed by atoms with Gasteiger partial charge < -0.3 is 56.5 Å². The van der Waals surface area contributed by atoms with Crippen molar-refractivity contribution in [2.24, 2.45) is 0 Å². The third-order valence-corrected chi connectivity index (χ3v) is 4.38. The quantitative estimate of drug-likeness (QED) is 0.281. The molecule has 31 heavy (non-hydrogen) atoms. The van der Waals surface area contributed by atoms with Crippen molar-refractivity contribution in [2.75, 3.05) is 6.61 Å². The predicted molar refractivity (Wildman–Crippen MR) is 110 cm³/mol. The predicted octanol–water partition coefficient (Wildman–Crippen LogP) is -2.03. The number of phenols is 2. The average molecular weight is 444 g/mol. The maximum absolute atomic E-state index is 10.1. The van der Waals surface area contributed by atoms with Crippen molar-refractivity contribution >= 4 is 12.2 Å². The van der Waals surface area contributed by atoms with E-state index < -0.39 is 37.3 Å². The summed E-state index contributed by atoms with van der Waals surface area (Å²) in [7, 11) is 0. The highest BCUT2D eigenvalue weighted by molar-refractivity contribution is 5.71. The zero-order chi connectivity index (χ0) is 20.3. The van der Waals surface area contributed by atoms with Crippen LogP contribution in [0.25, 0.3) is 12.2 Å². The van der Waals surface area contributed by atoms with Crippen LogP contribution in [0.1, 0.15) is 11.1 Å². The summed E-state index contributed by atoms with van der Waals surface area (Å²) in [6.07, 6.45) is -3.52. The number of benzene rings is 2. The molecule has 3 rings (SSSR count). The smallest absolute Gasteiger partial charge is 0.229 e. The van der Waals surface area contributed by atoms with E-state index in [1.54, 1.807) is 42.5 Å². The van der Waals surface area contributed by atoms with Crippen molar-refractivity contribution in [3.63, 3.8) is 0 Å². The molecule has 174 valence electrons. The molecule has 1 aliphatic rings. The minimum absolute atomic E-state index is 0. The Labute approximate surface area is 177 Å². The van der Waals surface area contributed by atoms with Gasteiger partial charge in [0.25, 0.3) is 0 Å². The first-order valence-corrected chi connectivity index (χ1v) is 8.65. The van der Waals surface area contributed by atoms with Crippen molar-refractivity contribution in [2.45, 2.75) is 30.7 Å². The van der Waals surface area contributed by atoms with Crippen molar-refractivity contribution in [3.05, 3.63) is 53.6 Å². The zero-order valence-corrected chi connectivity index (χ0v) is 16.3. The Morgan fingerprint density at radius 1 is 0.774 bits per heavy atom. The first-order chi connectivity index (χ1) is 13.4. The lowest BCUT2D eigenvalue weighted by atomic mass is 9.99. The average Bonchev–Trinajstić information content (AvgIpc) is 2.67. The van der Waals surface area contributed by atoms with Gasteiger partial charge in [0.15, 0.2) is 0 Å². The summed E-state index contributed by atoms with van der Waals surface area (Å²) >= 11 is 0. The molecule has 0 radical (unpaired) electrons. The second-order valence-electron chi connectivity index (χ2n) is 6.50. The Morgan fingerprint density at radius 2 is 1.39 bits per heavy atom. The maximum atomic E-state index is 10.1. The largest absolute Gasteiger partial charge is 0.508 e. The van der Waals surface area contributed by atoms with Gasteiger partial charge in [0.2, 0.25) is 6.29 Å². The number of hydrogen-bond acceptors (Lipinski definition) is 8. The molecule has 5 atom stereocenters. The third-order valence-electron chi connectivity index (χ3n) is 4.38. The van der Waals surface area contributed by atoms with Crippen molar-refractivity contribution in [1.29, 1.82) is 0 Å². The molecule has 1 aliphatic heterocycles. The molecule has 0 saturated carbocycles. The molecule has 2 aromatic rings. The van der Waals surface area contributed by atoms with Gasteiger partial charge in [-0.25, -0.2) is 0 Å². The van der Waals surface area contributed by atoms with E-state index in [0.29, 0.717) is 5.56 Å². The highest BCUT2D eigenvalue weighted by Crippen LogP contribution is 2.28. The number of aliphatic hydroxyl groups excluding tert-OH is 4. The van der Waals surface area contributed by atoms with Crippen LogP contribution in [-0.4, -0.2) is 84.4 Å². The van der Waals surface area contributed by atoms with Gasteiger partial charge in [-0.15, -0.1) is 0 Å². The van der Waals surface area contributed by atoms with Crippen LogP contribution in [0.3, 0.4) is 0 Å². The second-order valence-corrected chi connectivity index (χ2v) is 6.50. The van der Waals surface area contributed by atoms with Gasteiger partial charge in [-0.1, -0.05) is 24.3 Å². The lowest BCUT2D eigenvalue weighted by Gasteiger charge is -2.39. The van der Waals surface area contributed by atoms with E-state index in [0.717, 1.165) is 5.56 Å². The Hall–Kier alpha value is -2.74. The van der Waals surface area contributed by atoms with Gasteiger partial charge in [0, 0.05) is 6.07 Å². The van der Waals surface area contributed by atoms with Gasteiger partial charge in [0.1, 0.15) is 41.7 Å². The fraction of sp³-hybridized carbons (Fsp3) is 0.300. The molecule has 2 aromatic carbocycles. The number of aromatic hydroxyl groups is 2. The molecule has 1 saturated heterocycles. The number of phenolic OH excluding ortho intramolecular Hbond substituents is 2. The first-order valence-electron chi connectivity index (χ1n) is 8.65. The van der Waals surface area contributed by atoms with Crippen LogP contribution >= 0.6 is 0 Å². The van der Waals surface area contributed by atoms with Crippen LogP contribution in [0.4, 0.5) is 0 Å². The Balaban J connectivity index is 0.00000300. The van der Waals surface area contributed by atoms with Gasteiger partial charge >= 0.3 is 0 Å². The van der Waals surface area contributed by atoms with E-state index in [4.69, 9.17) is 9.47 Å². The normalized spacial score (nSPS) is 25.1. The molecule has 0 aromatic heterocycles. The molecule has 1 heterocycles. The summed E-state index contributed by atoms with van der Waals surface area (Å²) in [5, 5.41) is 58.2. The van der Waals surface area contributed by atoms with Crippen LogP contribution < -0.4 is 4.74 Å². The topological polar surface area (TPSA) is 234 Å². The Kier molecular flexibility index (Phi) is 11.1. The van der Waals surface area contributed by atoms with Crippen LogP contribution in [0.5, 0.6) is 17.2 Å². The number of hydrogen-bond donors (Lipinski definition) is 6. The Bertz CT molecular complexity index is 822. The van der Waals surface area contributed by atoms with Crippen LogP contribution in [-0.2, 0) is 4.74 Å². The molecule has 1 fully saturated rings. The molecule has 12 N–H and O–H groups in total. The summed E-state index contributed by atoms with van der Waals surface area (Å²) in [5.41, 5.74) is 1.42. The highest BCUT2D eigenvalue weighted by Gasteiger charge is 2.44. The monoisotopic (exact) mass is 444 g/mol. The molecule has 11 heteroatoms. The fourth-order valence-corrected chi connectivity index (χ4v) is 2.85. The summed E-state index contributed by atoms with van der Waals surface area (Å²) in [6.45, 7) is -0.564. The van der Waals surface area contributed by atoms with Crippen molar-refractivity contribution < 1.29 is 56.5 Å². The summed E-state index contributed by atoms with van der Waals surface area (Å²) in [5.74, 6) is 0.229. The van der Waals surface area contributed by atoms with E-state index >= 15 is 0 Å². The summed E-state index contributed by atoms with van der Waals surface area (Å²) < 4.78 is 10.8. The molecule has 11 nitrogen and oxygen atoms in total. The molecular weight excluding hydrogens is 416 g/mol. The van der Waals surface area contributed by atoms with Crippen molar-refractivity contribution in [1.82, 2.24) is 0 Å². The lowest BCUT2D eigenvalue weighted by Crippen LogP contribution is -2.60. The lowest BCUT2D eigenvalue weighted by molar-refractivity contribution is -0.277. The van der Waals surface area contributed by atoms with E-state index in [-0.39, 0.29) is 33.7 Å². The summed E-state index contributed by atoms with van der Waals surface area (Å²) in [4.78, 5) is 0. The minimum Gasteiger partial charge on any atom is -0.508 e. The minimum atomic E-state index is -1.55. The van der Waals surface area contributed by atoms with Crippen LogP contribution in [0, 0.1) is 0 Å².